The molecular weight excluding hydrogens is 250 g/mol. The second-order valence-electron chi connectivity index (χ2n) is 3.44. The molecule has 6 heteroatoms. The van der Waals surface area contributed by atoms with E-state index in [4.69, 9.17) is 9.78 Å². The van der Waals surface area contributed by atoms with Gasteiger partial charge in [0.15, 0.2) is 0 Å². The van der Waals surface area contributed by atoms with Crippen molar-refractivity contribution in [1.29, 1.82) is 5.26 Å². The van der Waals surface area contributed by atoms with Crippen molar-refractivity contribution in [1.82, 2.24) is 5.16 Å². The molecule has 0 aliphatic heterocycles. The second kappa shape index (κ2) is 5.38. The molecule has 0 atom stereocenters. The number of thioether (sulfide) groups is 1. The maximum absolute atomic E-state index is 11.9. The molecule has 1 amide bonds. The van der Waals surface area contributed by atoms with E-state index in [1.165, 1.54) is 0 Å². The highest BCUT2D eigenvalue weighted by Crippen LogP contribution is 2.30. The molecule has 0 saturated carbocycles. The van der Waals surface area contributed by atoms with E-state index in [0.29, 0.717) is 16.2 Å². The number of benzene rings is 1. The highest BCUT2D eigenvalue weighted by molar-refractivity contribution is 8.03. The van der Waals surface area contributed by atoms with Crippen LogP contribution in [-0.2, 0) is 0 Å². The summed E-state index contributed by atoms with van der Waals surface area (Å²) in [6.07, 6.45) is 0. The summed E-state index contributed by atoms with van der Waals surface area (Å²) in [5.41, 5.74) is 1.09. The molecule has 0 aliphatic rings. The van der Waals surface area contributed by atoms with Gasteiger partial charge in [0.2, 0.25) is 5.88 Å². The van der Waals surface area contributed by atoms with E-state index in [1.807, 2.05) is 11.5 Å². The van der Waals surface area contributed by atoms with Crippen LogP contribution in [0.3, 0.4) is 0 Å². The topological polar surface area (TPSA) is 78.9 Å². The molecule has 2 rings (SSSR count). The lowest BCUT2D eigenvalue weighted by Gasteiger charge is -2.01. The minimum atomic E-state index is -0.300. The molecule has 0 unspecified atom stereocenters. The van der Waals surface area contributed by atoms with Crippen LogP contribution in [0.1, 0.15) is 16.1 Å². The molecule has 90 valence electrons. The van der Waals surface area contributed by atoms with E-state index in [-0.39, 0.29) is 11.8 Å². The van der Waals surface area contributed by atoms with E-state index in [1.54, 1.807) is 31.2 Å². The molecule has 1 N–H and O–H groups in total. The fourth-order valence-electron chi connectivity index (χ4n) is 1.37. The molecule has 1 aromatic heterocycles. The van der Waals surface area contributed by atoms with Gasteiger partial charge in [0.25, 0.3) is 5.91 Å². The van der Waals surface area contributed by atoms with E-state index in [9.17, 15) is 4.79 Å². The van der Waals surface area contributed by atoms with Gasteiger partial charge < -0.3 is 4.52 Å². The van der Waals surface area contributed by atoms with Crippen molar-refractivity contribution in [2.24, 2.45) is 0 Å². The van der Waals surface area contributed by atoms with Gasteiger partial charge >= 0.3 is 0 Å². The first kappa shape index (κ1) is 12.2. The van der Waals surface area contributed by atoms with E-state index in [0.717, 1.165) is 11.8 Å². The number of hydrogen-bond acceptors (Lipinski definition) is 5. The average Bonchev–Trinajstić information content (AvgIpc) is 2.73. The molecule has 5 nitrogen and oxygen atoms in total. The summed E-state index contributed by atoms with van der Waals surface area (Å²) in [5.74, 6) is -0.0977. The van der Waals surface area contributed by atoms with Crippen molar-refractivity contribution in [3.8, 4) is 5.40 Å². The van der Waals surface area contributed by atoms with Gasteiger partial charge in [0.05, 0.1) is 5.69 Å². The number of nitrogens with one attached hydrogen (secondary N) is 1. The first-order chi connectivity index (χ1) is 8.72. The van der Waals surface area contributed by atoms with Crippen LogP contribution in [0.25, 0.3) is 0 Å². The van der Waals surface area contributed by atoms with Crippen LogP contribution in [0.5, 0.6) is 0 Å². The van der Waals surface area contributed by atoms with Crippen LogP contribution in [0.15, 0.2) is 39.8 Å². The minimum absolute atomic E-state index is 0.202. The largest absolute Gasteiger partial charge is 0.337 e. The molecule has 0 aliphatic carbocycles. The fourth-order valence-corrected chi connectivity index (χ4v) is 1.83. The molecular formula is C12H9N3O2S. The Morgan fingerprint density at radius 1 is 1.44 bits per heavy atom. The van der Waals surface area contributed by atoms with Gasteiger partial charge in [-0.15, -0.1) is 0 Å². The Kier molecular flexibility index (Phi) is 3.65. The summed E-state index contributed by atoms with van der Waals surface area (Å²) in [6, 6.07) is 8.74. The molecule has 1 aromatic carbocycles. The van der Waals surface area contributed by atoms with E-state index in [2.05, 4.69) is 10.5 Å². The molecule has 0 spiro atoms. The number of thiocyanates is 1. The molecule has 0 saturated heterocycles. The molecule has 0 fully saturated rings. The van der Waals surface area contributed by atoms with Crippen LogP contribution in [0.2, 0.25) is 0 Å². The van der Waals surface area contributed by atoms with Crippen LogP contribution in [0, 0.1) is 17.6 Å². The molecule has 2 aromatic rings. The average molecular weight is 259 g/mol. The summed E-state index contributed by atoms with van der Waals surface area (Å²) >= 11 is 0.907. The number of anilines is 1. The quantitative estimate of drug-likeness (QED) is 0.677. The smallest absolute Gasteiger partial charge is 0.258 e. The Labute approximate surface area is 108 Å². The summed E-state index contributed by atoms with van der Waals surface area (Å²) < 4.78 is 4.99. The molecule has 0 bridgehead atoms. The number of carbonyl (C=O) groups is 1. The number of aryl methyl sites for hydroxylation is 1. The van der Waals surface area contributed by atoms with E-state index >= 15 is 0 Å². The minimum Gasteiger partial charge on any atom is -0.337 e. The normalized spacial score (nSPS) is 9.78. The van der Waals surface area contributed by atoms with Crippen molar-refractivity contribution in [3.63, 3.8) is 0 Å². The van der Waals surface area contributed by atoms with Gasteiger partial charge in [-0.05, 0) is 30.8 Å². The van der Waals surface area contributed by atoms with Gasteiger partial charge in [0, 0.05) is 5.56 Å². The number of amides is 1. The molecule has 18 heavy (non-hydrogen) atoms. The molecule has 0 radical (unpaired) electrons. The SMILES string of the molecule is Cc1noc(NC(=O)c2ccccc2)c1SC#N. The zero-order chi connectivity index (χ0) is 13.0. The van der Waals surface area contributed by atoms with Crippen molar-refractivity contribution in [3.05, 3.63) is 41.6 Å². The van der Waals surface area contributed by atoms with Gasteiger partial charge in [0.1, 0.15) is 10.3 Å². The summed E-state index contributed by atoms with van der Waals surface area (Å²) in [7, 11) is 0. The number of hydrogen-bond donors (Lipinski definition) is 1. The van der Waals surface area contributed by atoms with Gasteiger partial charge in [-0.2, -0.15) is 5.26 Å². The summed E-state index contributed by atoms with van der Waals surface area (Å²) in [4.78, 5) is 12.4. The maximum atomic E-state index is 11.9. The standard InChI is InChI=1S/C12H9N3O2S/c1-8-10(18-7-13)12(17-15-8)14-11(16)9-5-3-2-4-6-9/h2-6H,1H3,(H,14,16). The van der Waals surface area contributed by atoms with Crippen molar-refractivity contribution in [2.75, 3.05) is 5.32 Å². The lowest BCUT2D eigenvalue weighted by molar-refractivity contribution is 0.102. The third-order valence-corrected chi connectivity index (χ3v) is 3.00. The lowest BCUT2D eigenvalue weighted by atomic mass is 10.2. The fraction of sp³-hybridized carbons (Fsp3) is 0.0833. The Bertz CT molecular complexity index is 602. The Morgan fingerprint density at radius 2 is 2.17 bits per heavy atom. The zero-order valence-electron chi connectivity index (χ0n) is 9.51. The zero-order valence-corrected chi connectivity index (χ0v) is 10.3. The van der Waals surface area contributed by atoms with Crippen molar-refractivity contribution < 1.29 is 9.32 Å². The van der Waals surface area contributed by atoms with Crippen LogP contribution < -0.4 is 5.32 Å². The number of aromatic nitrogens is 1. The van der Waals surface area contributed by atoms with Crippen LogP contribution in [0.4, 0.5) is 5.88 Å². The van der Waals surface area contributed by atoms with Crippen LogP contribution in [-0.4, -0.2) is 11.1 Å². The number of rotatable bonds is 3. The van der Waals surface area contributed by atoms with Crippen LogP contribution >= 0.6 is 11.8 Å². The Morgan fingerprint density at radius 3 is 2.83 bits per heavy atom. The second-order valence-corrected chi connectivity index (χ2v) is 4.23. The van der Waals surface area contributed by atoms with Crippen molar-refractivity contribution in [2.45, 2.75) is 11.8 Å². The third-order valence-electron chi connectivity index (χ3n) is 2.22. The summed E-state index contributed by atoms with van der Waals surface area (Å²) in [6.45, 7) is 1.71. The van der Waals surface area contributed by atoms with Crippen molar-refractivity contribution >= 4 is 23.6 Å². The van der Waals surface area contributed by atoms with Gasteiger partial charge in [-0.25, -0.2) is 0 Å². The van der Waals surface area contributed by atoms with Gasteiger partial charge in [-0.1, -0.05) is 23.4 Å². The highest BCUT2D eigenvalue weighted by Gasteiger charge is 2.16. The molecule has 1 heterocycles. The maximum Gasteiger partial charge on any atom is 0.258 e. The first-order valence-corrected chi connectivity index (χ1v) is 5.92. The third kappa shape index (κ3) is 2.52. The highest BCUT2D eigenvalue weighted by atomic mass is 32.2. The first-order valence-electron chi connectivity index (χ1n) is 5.11. The predicted octanol–water partition coefficient (Wildman–Crippen LogP) is 2.81. The number of carbonyl (C=O) groups excluding carboxylic acids is 1. The number of nitrogens with zero attached hydrogens (tertiary/aromatic N) is 2. The summed E-state index contributed by atoms with van der Waals surface area (Å²) in [5, 5.41) is 16.9. The van der Waals surface area contributed by atoms with E-state index < -0.39 is 0 Å². The Hall–Kier alpha value is -2.26. The van der Waals surface area contributed by atoms with Gasteiger partial charge in [-0.3, -0.25) is 10.1 Å². The Balaban J connectivity index is 2.20. The number of nitriles is 1. The monoisotopic (exact) mass is 259 g/mol. The lowest BCUT2D eigenvalue weighted by Crippen LogP contribution is -2.11. The predicted molar refractivity (Wildman–Crippen MR) is 67.1 cm³/mol.